The Labute approximate surface area is 158 Å². The van der Waals surface area contributed by atoms with E-state index in [1.165, 1.54) is 12.8 Å². The zero-order valence-electron chi connectivity index (χ0n) is 16.6. The summed E-state index contributed by atoms with van der Waals surface area (Å²) >= 11 is 0. The number of rotatable bonds is 5. The van der Waals surface area contributed by atoms with Crippen molar-refractivity contribution in [2.75, 3.05) is 39.3 Å². The highest BCUT2D eigenvalue weighted by Crippen LogP contribution is 2.15. The molecular formula is C20H35N5O. The van der Waals surface area contributed by atoms with Crippen molar-refractivity contribution in [1.29, 1.82) is 0 Å². The lowest BCUT2D eigenvalue weighted by atomic mass is 10.2. The van der Waals surface area contributed by atoms with Gasteiger partial charge < -0.3 is 9.47 Å². The van der Waals surface area contributed by atoms with Crippen LogP contribution in [0.5, 0.6) is 0 Å². The molecule has 0 spiro atoms. The van der Waals surface area contributed by atoms with E-state index in [9.17, 15) is 4.79 Å². The van der Waals surface area contributed by atoms with Gasteiger partial charge in [0, 0.05) is 51.7 Å². The maximum absolute atomic E-state index is 12.9. The number of hydrogen-bond donors (Lipinski definition) is 0. The van der Waals surface area contributed by atoms with Crippen molar-refractivity contribution in [2.24, 2.45) is 0 Å². The molecule has 0 bridgehead atoms. The van der Waals surface area contributed by atoms with E-state index in [1.807, 2.05) is 6.20 Å². The van der Waals surface area contributed by atoms with Crippen LogP contribution in [0.25, 0.3) is 0 Å². The van der Waals surface area contributed by atoms with Gasteiger partial charge in [0.1, 0.15) is 5.82 Å². The summed E-state index contributed by atoms with van der Waals surface area (Å²) in [5.41, 5.74) is 0. The first-order valence-electron chi connectivity index (χ1n) is 10.4. The number of amides is 1. The smallest absolute Gasteiger partial charge is 0.239 e. The quantitative estimate of drug-likeness (QED) is 0.807. The molecule has 3 rings (SSSR count). The van der Waals surface area contributed by atoms with E-state index in [-0.39, 0.29) is 6.04 Å². The third kappa shape index (κ3) is 4.86. The Morgan fingerprint density at radius 3 is 2.54 bits per heavy atom. The summed E-state index contributed by atoms with van der Waals surface area (Å²) in [5.74, 6) is 1.48. The number of carbonyl (C=O) groups is 1. The fourth-order valence-electron chi connectivity index (χ4n) is 4.23. The third-order valence-electron chi connectivity index (χ3n) is 5.95. The summed E-state index contributed by atoms with van der Waals surface area (Å²) in [6.07, 6.45) is 9.93. The van der Waals surface area contributed by atoms with Crippen LogP contribution in [0.4, 0.5) is 0 Å². The fraction of sp³-hybridized carbons (Fsp3) is 0.800. The Morgan fingerprint density at radius 1 is 1.04 bits per heavy atom. The molecule has 3 heterocycles. The third-order valence-corrected chi connectivity index (χ3v) is 5.95. The highest BCUT2D eigenvalue weighted by atomic mass is 16.2. The van der Waals surface area contributed by atoms with Crippen molar-refractivity contribution >= 4 is 5.91 Å². The van der Waals surface area contributed by atoms with Crippen LogP contribution in [0.3, 0.4) is 0 Å². The molecule has 6 heteroatoms. The van der Waals surface area contributed by atoms with Gasteiger partial charge in [0.15, 0.2) is 0 Å². The second-order valence-corrected chi connectivity index (χ2v) is 7.71. The molecule has 1 unspecified atom stereocenters. The average molecular weight is 362 g/mol. The zero-order valence-corrected chi connectivity index (χ0v) is 16.6. The molecular weight excluding hydrogens is 326 g/mol. The Hall–Kier alpha value is -1.40. The van der Waals surface area contributed by atoms with E-state index in [1.54, 1.807) is 0 Å². The van der Waals surface area contributed by atoms with Crippen LogP contribution in [0.15, 0.2) is 12.4 Å². The molecule has 0 radical (unpaired) electrons. The molecule has 0 N–H and O–H groups in total. The molecule has 1 aromatic rings. The van der Waals surface area contributed by atoms with Gasteiger partial charge in [-0.15, -0.1) is 0 Å². The summed E-state index contributed by atoms with van der Waals surface area (Å²) in [6.45, 7) is 12.1. The Bertz CT molecular complexity index is 564. The van der Waals surface area contributed by atoms with Gasteiger partial charge in [0.05, 0.1) is 12.6 Å². The average Bonchev–Trinajstić information content (AvgIpc) is 2.84. The predicted octanol–water partition coefficient (Wildman–Crippen LogP) is 2.20. The molecule has 0 aromatic carbocycles. The molecule has 0 aliphatic carbocycles. The second-order valence-electron chi connectivity index (χ2n) is 7.71. The number of carbonyl (C=O) groups excluding carboxylic acids is 1. The highest BCUT2D eigenvalue weighted by molar-refractivity contribution is 5.81. The number of likely N-dealkylation sites (tertiary alicyclic amines) is 1. The van der Waals surface area contributed by atoms with Gasteiger partial charge in [-0.3, -0.25) is 14.6 Å². The lowest BCUT2D eigenvalue weighted by molar-refractivity contribution is -0.136. The monoisotopic (exact) mass is 361 g/mol. The molecule has 146 valence electrons. The lowest BCUT2D eigenvalue weighted by Gasteiger charge is -2.31. The number of imidazole rings is 1. The molecule has 2 aliphatic heterocycles. The minimum Gasteiger partial charge on any atom is -0.341 e. The van der Waals surface area contributed by atoms with Gasteiger partial charge in [-0.1, -0.05) is 12.8 Å². The van der Waals surface area contributed by atoms with E-state index in [2.05, 4.69) is 44.3 Å². The molecule has 1 amide bonds. The van der Waals surface area contributed by atoms with Crippen molar-refractivity contribution in [2.45, 2.75) is 65.1 Å². The van der Waals surface area contributed by atoms with Gasteiger partial charge in [-0.05, 0) is 39.7 Å². The maximum atomic E-state index is 12.9. The summed E-state index contributed by atoms with van der Waals surface area (Å²) < 4.78 is 2.22. The number of aromatic nitrogens is 2. The van der Waals surface area contributed by atoms with Crippen LogP contribution >= 0.6 is 0 Å². The molecule has 2 aliphatic rings. The first kappa shape index (κ1) is 19.4. The highest BCUT2D eigenvalue weighted by Gasteiger charge is 2.28. The second kappa shape index (κ2) is 9.51. The van der Waals surface area contributed by atoms with Gasteiger partial charge >= 0.3 is 0 Å². The van der Waals surface area contributed by atoms with E-state index in [4.69, 9.17) is 0 Å². The lowest BCUT2D eigenvalue weighted by Crippen LogP contribution is -2.48. The van der Waals surface area contributed by atoms with Gasteiger partial charge in [-0.25, -0.2) is 4.98 Å². The van der Waals surface area contributed by atoms with Crippen molar-refractivity contribution < 1.29 is 4.79 Å². The minimum absolute atomic E-state index is 0.00526. The molecule has 6 nitrogen and oxygen atoms in total. The molecule has 2 saturated heterocycles. The van der Waals surface area contributed by atoms with Crippen LogP contribution in [0.2, 0.25) is 0 Å². The van der Waals surface area contributed by atoms with Crippen LogP contribution in [0, 0.1) is 0 Å². The van der Waals surface area contributed by atoms with Crippen LogP contribution in [-0.2, 0) is 17.9 Å². The van der Waals surface area contributed by atoms with Crippen molar-refractivity contribution in [3.05, 3.63) is 18.2 Å². The first-order valence-corrected chi connectivity index (χ1v) is 10.4. The SMILES string of the molecule is CCn1ccnc1CN1CCCN(C(C)C(=O)N2CCCCCC2)CC1. The topological polar surface area (TPSA) is 44.6 Å². The minimum atomic E-state index is 0.00526. The maximum Gasteiger partial charge on any atom is 0.239 e. The predicted molar refractivity (Wildman–Crippen MR) is 104 cm³/mol. The van der Waals surface area contributed by atoms with Gasteiger partial charge in [-0.2, -0.15) is 0 Å². The normalized spacial score (nSPS) is 22.0. The van der Waals surface area contributed by atoms with E-state index < -0.39 is 0 Å². The zero-order chi connectivity index (χ0) is 18.4. The van der Waals surface area contributed by atoms with Gasteiger partial charge in [0.2, 0.25) is 5.91 Å². The van der Waals surface area contributed by atoms with Crippen LogP contribution < -0.4 is 0 Å². The molecule has 2 fully saturated rings. The van der Waals surface area contributed by atoms with Crippen LogP contribution in [0.1, 0.15) is 51.8 Å². The van der Waals surface area contributed by atoms with E-state index >= 15 is 0 Å². The Balaban J connectivity index is 1.53. The molecule has 0 saturated carbocycles. The Kier molecular flexibility index (Phi) is 7.08. The van der Waals surface area contributed by atoms with E-state index in [0.29, 0.717) is 5.91 Å². The molecule has 1 aromatic heterocycles. The van der Waals surface area contributed by atoms with Crippen molar-refractivity contribution in [3.8, 4) is 0 Å². The first-order chi connectivity index (χ1) is 12.7. The van der Waals surface area contributed by atoms with Crippen LogP contribution in [-0.4, -0.2) is 75.5 Å². The largest absolute Gasteiger partial charge is 0.341 e. The van der Waals surface area contributed by atoms with E-state index in [0.717, 1.165) is 77.4 Å². The summed E-state index contributed by atoms with van der Waals surface area (Å²) in [4.78, 5) is 24.4. The summed E-state index contributed by atoms with van der Waals surface area (Å²) in [7, 11) is 0. The molecule has 26 heavy (non-hydrogen) atoms. The fourth-order valence-corrected chi connectivity index (χ4v) is 4.23. The summed E-state index contributed by atoms with van der Waals surface area (Å²) in [5, 5.41) is 0. The number of aryl methyl sites for hydroxylation is 1. The number of hydrogen-bond acceptors (Lipinski definition) is 4. The molecule has 1 atom stereocenters. The summed E-state index contributed by atoms with van der Waals surface area (Å²) in [6, 6.07) is 0.00526. The van der Waals surface area contributed by atoms with Gasteiger partial charge in [0.25, 0.3) is 0 Å². The van der Waals surface area contributed by atoms with Crippen molar-refractivity contribution in [1.82, 2.24) is 24.3 Å². The standard InChI is InChI=1S/C20H35N5O/c1-3-23-14-9-21-19(23)17-22-10-8-13-24(16-15-22)18(2)20(26)25-11-6-4-5-7-12-25/h9,14,18H,3-8,10-13,15-17H2,1-2H3. The van der Waals surface area contributed by atoms with Crippen molar-refractivity contribution in [3.63, 3.8) is 0 Å². The Morgan fingerprint density at radius 2 is 1.81 bits per heavy atom. The number of nitrogens with zero attached hydrogens (tertiary/aromatic N) is 5.